The summed E-state index contributed by atoms with van der Waals surface area (Å²) in [6, 6.07) is 32.0. The van der Waals surface area contributed by atoms with Crippen molar-refractivity contribution in [2.24, 2.45) is 0 Å². The number of anilines is 2. The zero-order valence-corrected chi connectivity index (χ0v) is 18.7. The molecule has 0 saturated carbocycles. The Labute approximate surface area is 186 Å². The molecule has 4 rings (SSSR count). The van der Waals surface area contributed by atoms with Crippen molar-refractivity contribution in [2.45, 2.75) is 33.6 Å². The molecule has 0 spiro atoms. The van der Waals surface area contributed by atoms with Gasteiger partial charge in [-0.15, -0.1) is 0 Å². The fourth-order valence-electron chi connectivity index (χ4n) is 3.64. The molecule has 0 heterocycles. The number of rotatable bonds is 5. The van der Waals surface area contributed by atoms with Gasteiger partial charge in [0.2, 0.25) is 0 Å². The monoisotopic (exact) mass is 408 g/mol. The smallest absolute Gasteiger partial charge is 0.0337 e. The lowest BCUT2D eigenvalue weighted by atomic mass is 9.98. The third-order valence-electron chi connectivity index (χ3n) is 5.30. The molecule has 0 amide bonds. The zero-order valence-electron chi connectivity index (χ0n) is 18.7. The molecular formula is C29H32N2. The van der Waals surface area contributed by atoms with Crippen LogP contribution in [-0.4, -0.2) is 0 Å². The lowest BCUT2D eigenvalue weighted by molar-refractivity contribution is 0.961. The summed E-state index contributed by atoms with van der Waals surface area (Å²) >= 11 is 0. The predicted molar refractivity (Wildman–Crippen MR) is 136 cm³/mol. The maximum atomic E-state index is 5.89. The Kier molecular flexibility index (Phi) is 7.50. The average molecular weight is 409 g/mol. The van der Waals surface area contributed by atoms with Crippen LogP contribution in [0.2, 0.25) is 0 Å². The fourth-order valence-corrected chi connectivity index (χ4v) is 3.64. The van der Waals surface area contributed by atoms with E-state index in [1.807, 2.05) is 26.0 Å². The van der Waals surface area contributed by atoms with Crippen molar-refractivity contribution in [3.8, 4) is 22.3 Å². The molecule has 0 aliphatic carbocycles. The predicted octanol–water partition coefficient (Wildman–Crippen LogP) is 7.30. The molecule has 0 atom stereocenters. The number of nitrogens with two attached hydrogens (primary N) is 2. The average Bonchev–Trinajstić information content (AvgIpc) is 2.79. The quantitative estimate of drug-likeness (QED) is 0.340. The Bertz CT molecular complexity index is 1070. The van der Waals surface area contributed by atoms with Gasteiger partial charge in [-0.3, -0.25) is 0 Å². The van der Waals surface area contributed by atoms with E-state index in [4.69, 9.17) is 11.5 Å². The van der Waals surface area contributed by atoms with Crippen LogP contribution in [0.3, 0.4) is 0 Å². The van der Waals surface area contributed by atoms with Gasteiger partial charge in [0.05, 0.1) is 0 Å². The minimum atomic E-state index is 0.726. The first-order chi connectivity index (χ1) is 15.1. The molecule has 4 N–H and O–H groups in total. The molecule has 2 heteroatoms. The molecule has 0 saturated heterocycles. The Morgan fingerprint density at radius 3 is 1.29 bits per heavy atom. The standard InChI is InChI=1S/C27H26N2.C2H6/c1-19-2-8-22(9-3-19)24-12-14-25(15-13-24)23-10-6-20(7-11-23)4-5-21-16-26(28)18-27(29)17-21;1-2/h2-3,6-18H,4-5,28-29H2,1H3;1-2H3. The number of hydrogen-bond donors (Lipinski definition) is 2. The van der Waals surface area contributed by atoms with Gasteiger partial charge in [-0.25, -0.2) is 0 Å². The molecule has 2 nitrogen and oxygen atoms in total. The molecule has 31 heavy (non-hydrogen) atoms. The van der Waals surface area contributed by atoms with Gasteiger partial charge in [0.1, 0.15) is 0 Å². The van der Waals surface area contributed by atoms with Crippen LogP contribution in [0.5, 0.6) is 0 Å². The van der Waals surface area contributed by atoms with E-state index in [2.05, 4.69) is 79.7 Å². The van der Waals surface area contributed by atoms with Gasteiger partial charge in [0, 0.05) is 11.4 Å². The third-order valence-corrected chi connectivity index (χ3v) is 5.30. The van der Waals surface area contributed by atoms with Crippen LogP contribution >= 0.6 is 0 Å². The molecule has 0 aliphatic rings. The van der Waals surface area contributed by atoms with Crippen molar-refractivity contribution in [2.75, 3.05) is 11.5 Å². The third kappa shape index (κ3) is 5.99. The van der Waals surface area contributed by atoms with Crippen molar-refractivity contribution in [1.29, 1.82) is 0 Å². The Balaban J connectivity index is 0.00000132. The second-order valence-corrected chi connectivity index (χ2v) is 7.65. The first kappa shape index (κ1) is 22.2. The van der Waals surface area contributed by atoms with Crippen molar-refractivity contribution in [3.05, 3.63) is 108 Å². The molecule has 0 radical (unpaired) electrons. The summed E-state index contributed by atoms with van der Waals surface area (Å²) in [5, 5.41) is 0. The van der Waals surface area contributed by atoms with E-state index in [1.54, 1.807) is 6.07 Å². The number of hydrogen-bond acceptors (Lipinski definition) is 2. The Hall–Kier alpha value is -3.52. The van der Waals surface area contributed by atoms with Crippen LogP contribution in [0.25, 0.3) is 22.3 Å². The van der Waals surface area contributed by atoms with Crippen molar-refractivity contribution in [1.82, 2.24) is 0 Å². The van der Waals surface area contributed by atoms with E-state index in [0.717, 1.165) is 24.2 Å². The maximum absolute atomic E-state index is 5.89. The van der Waals surface area contributed by atoms with Gasteiger partial charge in [-0.05, 0) is 71.3 Å². The highest BCUT2D eigenvalue weighted by molar-refractivity contribution is 5.70. The van der Waals surface area contributed by atoms with Gasteiger partial charge in [0.25, 0.3) is 0 Å². The van der Waals surface area contributed by atoms with Crippen LogP contribution in [0.4, 0.5) is 11.4 Å². The summed E-state index contributed by atoms with van der Waals surface area (Å²) in [4.78, 5) is 0. The van der Waals surface area contributed by atoms with E-state index < -0.39 is 0 Å². The summed E-state index contributed by atoms with van der Waals surface area (Å²) in [5.41, 5.74) is 22.0. The number of aryl methyl sites for hydroxylation is 3. The molecular weight excluding hydrogens is 376 g/mol. The number of nitrogen functional groups attached to an aromatic ring is 2. The van der Waals surface area contributed by atoms with E-state index in [0.29, 0.717) is 0 Å². The minimum Gasteiger partial charge on any atom is -0.399 e. The molecule has 4 aromatic rings. The highest BCUT2D eigenvalue weighted by Gasteiger charge is 2.03. The molecule has 4 aromatic carbocycles. The first-order valence-electron chi connectivity index (χ1n) is 11.0. The zero-order chi connectivity index (χ0) is 22.2. The van der Waals surface area contributed by atoms with E-state index >= 15 is 0 Å². The highest BCUT2D eigenvalue weighted by Crippen LogP contribution is 2.26. The van der Waals surface area contributed by atoms with Gasteiger partial charge in [-0.2, -0.15) is 0 Å². The first-order valence-corrected chi connectivity index (χ1v) is 11.0. The van der Waals surface area contributed by atoms with E-state index in [1.165, 1.54) is 38.9 Å². The lowest BCUT2D eigenvalue weighted by Crippen LogP contribution is -1.96. The maximum Gasteiger partial charge on any atom is 0.0337 e. The number of benzene rings is 4. The second-order valence-electron chi connectivity index (χ2n) is 7.65. The molecule has 0 bridgehead atoms. The highest BCUT2D eigenvalue weighted by atomic mass is 14.6. The van der Waals surface area contributed by atoms with E-state index in [9.17, 15) is 0 Å². The Morgan fingerprint density at radius 1 is 0.484 bits per heavy atom. The second kappa shape index (κ2) is 10.5. The normalized spacial score (nSPS) is 10.3. The molecule has 0 unspecified atom stereocenters. The lowest BCUT2D eigenvalue weighted by Gasteiger charge is -2.08. The van der Waals surface area contributed by atoms with Crippen LogP contribution < -0.4 is 11.5 Å². The van der Waals surface area contributed by atoms with Crippen molar-refractivity contribution >= 4 is 11.4 Å². The van der Waals surface area contributed by atoms with Crippen LogP contribution in [0, 0.1) is 6.92 Å². The summed E-state index contributed by atoms with van der Waals surface area (Å²) in [6.45, 7) is 6.11. The van der Waals surface area contributed by atoms with Crippen LogP contribution in [-0.2, 0) is 12.8 Å². The van der Waals surface area contributed by atoms with Gasteiger partial charge in [-0.1, -0.05) is 92.2 Å². The SMILES string of the molecule is CC.Cc1ccc(-c2ccc(-c3ccc(CCc4cc(N)cc(N)c4)cc3)cc2)cc1. The fraction of sp³-hybridized carbons (Fsp3) is 0.172. The summed E-state index contributed by atoms with van der Waals surface area (Å²) < 4.78 is 0. The molecule has 0 aromatic heterocycles. The molecule has 158 valence electrons. The van der Waals surface area contributed by atoms with E-state index in [-0.39, 0.29) is 0 Å². The molecule has 0 fully saturated rings. The van der Waals surface area contributed by atoms with Gasteiger partial charge >= 0.3 is 0 Å². The largest absolute Gasteiger partial charge is 0.399 e. The van der Waals surface area contributed by atoms with Crippen LogP contribution in [0.15, 0.2) is 91.0 Å². The minimum absolute atomic E-state index is 0.726. The molecule has 0 aliphatic heterocycles. The topological polar surface area (TPSA) is 52.0 Å². The van der Waals surface area contributed by atoms with Crippen molar-refractivity contribution in [3.63, 3.8) is 0 Å². The summed E-state index contributed by atoms with van der Waals surface area (Å²) in [6.07, 6.45) is 1.90. The van der Waals surface area contributed by atoms with Gasteiger partial charge < -0.3 is 11.5 Å². The van der Waals surface area contributed by atoms with Crippen molar-refractivity contribution < 1.29 is 0 Å². The summed E-state index contributed by atoms with van der Waals surface area (Å²) in [5.74, 6) is 0. The van der Waals surface area contributed by atoms with Gasteiger partial charge in [0.15, 0.2) is 0 Å². The Morgan fingerprint density at radius 2 is 0.839 bits per heavy atom. The summed E-state index contributed by atoms with van der Waals surface area (Å²) in [7, 11) is 0. The van der Waals surface area contributed by atoms with Crippen LogP contribution in [0.1, 0.15) is 30.5 Å².